The largest absolute Gasteiger partial charge is 0.312 e. The molecule has 0 bridgehead atoms. The maximum Gasteiger partial charge on any atom is 0.123 e. The van der Waals surface area contributed by atoms with Gasteiger partial charge >= 0.3 is 0 Å². The number of nitrogens with one attached hydrogen (secondary N) is 1. The van der Waals surface area contributed by atoms with Crippen molar-refractivity contribution in [1.82, 2.24) is 5.32 Å². The van der Waals surface area contributed by atoms with Gasteiger partial charge in [0.1, 0.15) is 5.82 Å². The number of hydrogen-bond acceptors (Lipinski definition) is 2. The lowest BCUT2D eigenvalue weighted by Gasteiger charge is -2.23. The summed E-state index contributed by atoms with van der Waals surface area (Å²) in [5.74, 6) is 1.11. The Morgan fingerprint density at radius 2 is 2.25 bits per heavy atom. The Balaban J connectivity index is 2.24. The fourth-order valence-electron chi connectivity index (χ4n) is 2.38. The van der Waals surface area contributed by atoms with Crippen molar-refractivity contribution in [2.75, 3.05) is 12.8 Å². The first kappa shape index (κ1) is 11.9. The summed E-state index contributed by atoms with van der Waals surface area (Å²) in [7, 11) is 1.96. The summed E-state index contributed by atoms with van der Waals surface area (Å²) in [6.07, 6.45) is 2.51. The van der Waals surface area contributed by atoms with E-state index >= 15 is 0 Å². The zero-order valence-corrected chi connectivity index (χ0v) is 10.6. The summed E-state index contributed by atoms with van der Waals surface area (Å²) in [5.41, 5.74) is 2.08. The van der Waals surface area contributed by atoms with Crippen LogP contribution in [-0.4, -0.2) is 18.1 Å². The van der Waals surface area contributed by atoms with Crippen LogP contribution >= 0.6 is 11.8 Å². The van der Waals surface area contributed by atoms with Gasteiger partial charge in [-0.15, -0.1) is 0 Å². The van der Waals surface area contributed by atoms with E-state index in [-0.39, 0.29) is 11.9 Å². The lowest BCUT2D eigenvalue weighted by Crippen LogP contribution is -2.25. The lowest BCUT2D eigenvalue weighted by atomic mass is 9.99. The summed E-state index contributed by atoms with van der Waals surface area (Å²) < 4.78 is 13.4. The van der Waals surface area contributed by atoms with Gasteiger partial charge in [0, 0.05) is 11.3 Å². The van der Waals surface area contributed by atoms with E-state index in [1.165, 1.54) is 18.6 Å². The Labute approximate surface area is 101 Å². The zero-order valence-electron chi connectivity index (χ0n) is 9.79. The van der Waals surface area contributed by atoms with E-state index in [0.29, 0.717) is 5.25 Å². The minimum atomic E-state index is -0.127. The predicted octanol–water partition coefficient (Wildman–Crippen LogP) is 3.29. The van der Waals surface area contributed by atoms with E-state index in [0.717, 1.165) is 11.1 Å². The van der Waals surface area contributed by atoms with Crippen LogP contribution in [0.2, 0.25) is 0 Å². The quantitative estimate of drug-likeness (QED) is 0.868. The van der Waals surface area contributed by atoms with E-state index in [1.54, 1.807) is 12.1 Å². The van der Waals surface area contributed by atoms with Gasteiger partial charge in [0.15, 0.2) is 0 Å². The van der Waals surface area contributed by atoms with Crippen LogP contribution < -0.4 is 5.32 Å². The molecule has 1 aromatic carbocycles. The molecule has 16 heavy (non-hydrogen) atoms. The number of benzene rings is 1. The molecular weight excluding hydrogens is 221 g/mol. The van der Waals surface area contributed by atoms with Crippen molar-refractivity contribution in [2.45, 2.75) is 31.1 Å². The number of aryl methyl sites for hydroxylation is 1. The minimum Gasteiger partial charge on any atom is -0.312 e. The third kappa shape index (κ3) is 2.58. The van der Waals surface area contributed by atoms with E-state index < -0.39 is 0 Å². The monoisotopic (exact) mass is 239 g/mol. The molecule has 0 radical (unpaired) electrons. The predicted molar refractivity (Wildman–Crippen MR) is 68.4 cm³/mol. The topological polar surface area (TPSA) is 12.0 Å². The van der Waals surface area contributed by atoms with Gasteiger partial charge in [-0.3, -0.25) is 0 Å². The van der Waals surface area contributed by atoms with Gasteiger partial charge in [-0.1, -0.05) is 6.07 Å². The summed E-state index contributed by atoms with van der Waals surface area (Å²) in [6.45, 7) is 1.95. The molecule has 1 fully saturated rings. The summed E-state index contributed by atoms with van der Waals surface area (Å²) in [4.78, 5) is 0. The number of hydrogen-bond donors (Lipinski definition) is 1. The highest BCUT2D eigenvalue weighted by molar-refractivity contribution is 8.00. The molecule has 3 heteroatoms. The van der Waals surface area contributed by atoms with Crippen molar-refractivity contribution in [2.24, 2.45) is 0 Å². The molecule has 1 nitrogen and oxygen atoms in total. The van der Waals surface area contributed by atoms with Gasteiger partial charge in [-0.25, -0.2) is 4.39 Å². The van der Waals surface area contributed by atoms with Crippen LogP contribution in [0.25, 0.3) is 0 Å². The molecule has 1 aromatic rings. The van der Waals surface area contributed by atoms with Crippen LogP contribution in [0, 0.1) is 12.7 Å². The summed E-state index contributed by atoms with van der Waals surface area (Å²) in [6, 6.07) is 5.61. The van der Waals surface area contributed by atoms with Gasteiger partial charge in [0.2, 0.25) is 0 Å². The highest BCUT2D eigenvalue weighted by atomic mass is 32.2. The molecule has 0 aromatic heterocycles. The Kier molecular flexibility index (Phi) is 3.87. The minimum absolute atomic E-state index is 0.127. The standard InChI is InChI=1S/C13H18FNS/c1-9-6-10(8-11(14)7-9)13(15-2)12-4-3-5-16-12/h6-8,12-13,15H,3-5H2,1-2H3. The summed E-state index contributed by atoms with van der Waals surface area (Å²) in [5, 5.41) is 3.92. The lowest BCUT2D eigenvalue weighted by molar-refractivity contribution is 0.544. The molecule has 2 unspecified atom stereocenters. The maximum absolute atomic E-state index is 13.4. The first-order valence-corrected chi connectivity index (χ1v) is 6.81. The third-order valence-electron chi connectivity index (χ3n) is 3.07. The van der Waals surface area contributed by atoms with Crippen LogP contribution in [-0.2, 0) is 0 Å². The first-order chi connectivity index (χ1) is 7.70. The molecule has 0 amide bonds. The molecule has 88 valence electrons. The fourth-order valence-corrected chi connectivity index (χ4v) is 3.83. The smallest absolute Gasteiger partial charge is 0.123 e. The number of rotatable bonds is 3. The first-order valence-electron chi connectivity index (χ1n) is 5.76. The van der Waals surface area contributed by atoms with Crippen molar-refractivity contribution in [3.8, 4) is 0 Å². The molecular formula is C13H18FNS. The van der Waals surface area contributed by atoms with Gasteiger partial charge < -0.3 is 5.32 Å². The van der Waals surface area contributed by atoms with Crippen molar-refractivity contribution in [1.29, 1.82) is 0 Å². The van der Waals surface area contributed by atoms with E-state index in [4.69, 9.17) is 0 Å². The number of thioether (sulfide) groups is 1. The van der Waals surface area contributed by atoms with E-state index in [9.17, 15) is 4.39 Å². The second-order valence-electron chi connectivity index (χ2n) is 4.38. The Morgan fingerprint density at radius 1 is 1.44 bits per heavy atom. The molecule has 1 aliphatic rings. The molecule has 0 aliphatic carbocycles. The zero-order chi connectivity index (χ0) is 11.5. The van der Waals surface area contributed by atoms with Crippen LogP contribution in [0.3, 0.4) is 0 Å². The van der Waals surface area contributed by atoms with Crippen molar-refractivity contribution in [3.05, 3.63) is 35.1 Å². The second-order valence-corrected chi connectivity index (χ2v) is 5.73. The molecule has 1 saturated heterocycles. The average Bonchev–Trinajstić information content (AvgIpc) is 2.70. The van der Waals surface area contributed by atoms with Crippen molar-refractivity contribution < 1.29 is 4.39 Å². The maximum atomic E-state index is 13.4. The normalized spacial score (nSPS) is 22.3. The fraction of sp³-hybridized carbons (Fsp3) is 0.538. The van der Waals surface area contributed by atoms with E-state index in [1.807, 2.05) is 25.7 Å². The Morgan fingerprint density at radius 3 is 2.81 bits per heavy atom. The highest BCUT2D eigenvalue weighted by Crippen LogP contribution is 2.36. The van der Waals surface area contributed by atoms with Crippen molar-refractivity contribution in [3.63, 3.8) is 0 Å². The van der Waals surface area contributed by atoms with Crippen LogP contribution in [0.15, 0.2) is 18.2 Å². The molecule has 0 saturated carbocycles. The van der Waals surface area contributed by atoms with E-state index in [2.05, 4.69) is 11.4 Å². The van der Waals surface area contributed by atoms with Crippen LogP contribution in [0.5, 0.6) is 0 Å². The Hall–Kier alpha value is -0.540. The summed E-state index contributed by atoms with van der Waals surface area (Å²) >= 11 is 2.00. The van der Waals surface area contributed by atoms with Gasteiger partial charge in [-0.05, 0) is 55.8 Å². The molecule has 2 atom stereocenters. The molecule has 1 aliphatic heterocycles. The van der Waals surface area contributed by atoms with Gasteiger partial charge in [0.05, 0.1) is 0 Å². The third-order valence-corrected chi connectivity index (χ3v) is 4.53. The second kappa shape index (κ2) is 5.19. The van der Waals surface area contributed by atoms with Crippen LogP contribution in [0.4, 0.5) is 4.39 Å². The van der Waals surface area contributed by atoms with Gasteiger partial charge in [0.25, 0.3) is 0 Å². The molecule has 1 heterocycles. The SMILES string of the molecule is CNC(c1cc(C)cc(F)c1)C1CCCS1. The van der Waals surface area contributed by atoms with Crippen LogP contribution in [0.1, 0.15) is 30.0 Å². The molecule has 0 spiro atoms. The molecule has 2 rings (SSSR count). The van der Waals surface area contributed by atoms with Gasteiger partial charge in [-0.2, -0.15) is 11.8 Å². The average molecular weight is 239 g/mol. The Bertz CT molecular complexity index is 341. The van der Waals surface area contributed by atoms with Crippen molar-refractivity contribution >= 4 is 11.8 Å². The number of halogens is 1. The highest BCUT2D eigenvalue weighted by Gasteiger charge is 2.26. The molecule has 1 N–H and O–H groups in total.